The summed E-state index contributed by atoms with van der Waals surface area (Å²) in [4.78, 5) is 0. The molecule has 1 aliphatic carbocycles. The number of rotatable bonds is 2. The zero-order valence-corrected chi connectivity index (χ0v) is 9.19. The number of hydrogen-bond acceptors (Lipinski definition) is 3. The number of nitrogens with one attached hydrogen (secondary N) is 1. The lowest BCUT2D eigenvalue weighted by Gasteiger charge is -2.31. The molecule has 2 saturated heterocycles. The molecule has 2 N–H and O–H groups in total. The van der Waals surface area contributed by atoms with Crippen LogP contribution in [0.1, 0.15) is 44.9 Å². The van der Waals surface area contributed by atoms with Gasteiger partial charge in [-0.3, -0.25) is 0 Å². The van der Waals surface area contributed by atoms with Crippen LogP contribution in [0.5, 0.6) is 0 Å². The fourth-order valence-electron chi connectivity index (χ4n) is 3.36. The molecule has 0 aromatic heterocycles. The molecule has 3 nitrogen and oxygen atoms in total. The molecule has 0 aromatic carbocycles. The summed E-state index contributed by atoms with van der Waals surface area (Å²) in [6, 6.07) is 1.23. The van der Waals surface area contributed by atoms with Crippen molar-refractivity contribution < 1.29 is 9.84 Å². The van der Waals surface area contributed by atoms with Gasteiger partial charge < -0.3 is 15.2 Å². The molecule has 0 amide bonds. The van der Waals surface area contributed by atoms with Gasteiger partial charge in [0.2, 0.25) is 0 Å². The molecule has 3 rings (SSSR count). The first-order valence-corrected chi connectivity index (χ1v) is 6.41. The number of aliphatic hydroxyl groups is 1. The van der Waals surface area contributed by atoms with Crippen LogP contribution >= 0.6 is 0 Å². The Hall–Kier alpha value is -0.120. The Kier molecular flexibility index (Phi) is 2.71. The third-order valence-corrected chi connectivity index (χ3v) is 4.25. The first-order valence-electron chi connectivity index (χ1n) is 6.41. The van der Waals surface area contributed by atoms with E-state index < -0.39 is 0 Å². The van der Waals surface area contributed by atoms with E-state index in [0.717, 1.165) is 25.7 Å². The Bertz CT molecular complexity index is 226. The van der Waals surface area contributed by atoms with Crippen LogP contribution in [-0.4, -0.2) is 35.5 Å². The number of hydrogen-bond donors (Lipinski definition) is 2. The summed E-state index contributed by atoms with van der Waals surface area (Å²) in [5.74, 6) is 0. The van der Waals surface area contributed by atoms with Gasteiger partial charge in [0.15, 0.2) is 0 Å². The van der Waals surface area contributed by atoms with E-state index >= 15 is 0 Å². The maximum absolute atomic E-state index is 9.44. The molecule has 2 aliphatic heterocycles. The highest BCUT2D eigenvalue weighted by atomic mass is 16.5. The van der Waals surface area contributed by atoms with Crippen LogP contribution in [0.3, 0.4) is 0 Å². The molecule has 0 spiro atoms. The van der Waals surface area contributed by atoms with Gasteiger partial charge in [-0.05, 0) is 44.9 Å². The molecule has 2 heterocycles. The van der Waals surface area contributed by atoms with Crippen LogP contribution in [0, 0.1) is 0 Å². The predicted molar refractivity (Wildman–Crippen MR) is 57.7 cm³/mol. The topological polar surface area (TPSA) is 41.5 Å². The Balaban J connectivity index is 1.49. The lowest BCUT2D eigenvalue weighted by atomic mass is 9.90. The minimum absolute atomic E-state index is 0.0423. The van der Waals surface area contributed by atoms with Crippen molar-refractivity contribution in [2.45, 2.75) is 75.3 Å². The average molecular weight is 211 g/mol. The number of fused-ring (bicyclic) bond motifs is 2. The summed E-state index contributed by atoms with van der Waals surface area (Å²) in [5, 5.41) is 13.2. The standard InChI is InChI=1S/C12H21NO2/c14-9-3-1-8(2-4-9)13-11-7-10-5-6-12(11)15-10/h8-14H,1-7H2. The van der Waals surface area contributed by atoms with Crippen LogP contribution in [0.15, 0.2) is 0 Å². The molecule has 3 fully saturated rings. The van der Waals surface area contributed by atoms with E-state index in [1.165, 1.54) is 19.3 Å². The molecule has 0 aromatic rings. The lowest BCUT2D eigenvalue weighted by molar-refractivity contribution is 0.0886. The molecule has 3 aliphatic rings. The predicted octanol–water partition coefficient (Wildman–Crippen LogP) is 1.20. The van der Waals surface area contributed by atoms with E-state index in [-0.39, 0.29) is 6.10 Å². The fourth-order valence-corrected chi connectivity index (χ4v) is 3.36. The molecule has 2 bridgehead atoms. The zero-order chi connectivity index (χ0) is 10.3. The smallest absolute Gasteiger partial charge is 0.0733 e. The lowest BCUT2D eigenvalue weighted by Crippen LogP contribution is -2.45. The van der Waals surface area contributed by atoms with Gasteiger partial charge in [-0.25, -0.2) is 0 Å². The molecule has 3 heteroatoms. The minimum atomic E-state index is -0.0423. The Morgan fingerprint density at radius 3 is 2.40 bits per heavy atom. The SMILES string of the molecule is OC1CCC(NC2CC3CCC2O3)CC1. The minimum Gasteiger partial charge on any atom is -0.393 e. The van der Waals surface area contributed by atoms with E-state index in [1.54, 1.807) is 0 Å². The third kappa shape index (κ3) is 2.05. The largest absolute Gasteiger partial charge is 0.393 e. The third-order valence-electron chi connectivity index (χ3n) is 4.25. The van der Waals surface area contributed by atoms with Crippen molar-refractivity contribution in [1.82, 2.24) is 5.32 Å². The second-order valence-electron chi connectivity index (χ2n) is 5.39. The van der Waals surface area contributed by atoms with Crippen LogP contribution in [0.25, 0.3) is 0 Å². The second kappa shape index (κ2) is 4.04. The average Bonchev–Trinajstić information content (AvgIpc) is 2.83. The molecular weight excluding hydrogens is 190 g/mol. The summed E-state index contributed by atoms with van der Waals surface area (Å²) >= 11 is 0. The van der Waals surface area contributed by atoms with Crippen molar-refractivity contribution in [3.8, 4) is 0 Å². The second-order valence-corrected chi connectivity index (χ2v) is 5.39. The Morgan fingerprint density at radius 2 is 1.80 bits per heavy atom. The van der Waals surface area contributed by atoms with Crippen LogP contribution < -0.4 is 5.32 Å². The van der Waals surface area contributed by atoms with Crippen molar-refractivity contribution in [1.29, 1.82) is 0 Å². The summed E-state index contributed by atoms with van der Waals surface area (Å²) in [6.45, 7) is 0. The summed E-state index contributed by atoms with van der Waals surface area (Å²) < 4.78 is 5.84. The van der Waals surface area contributed by atoms with Crippen LogP contribution in [-0.2, 0) is 4.74 Å². The number of aliphatic hydroxyl groups excluding tert-OH is 1. The van der Waals surface area contributed by atoms with E-state index in [2.05, 4.69) is 5.32 Å². The van der Waals surface area contributed by atoms with Gasteiger partial charge in [0.1, 0.15) is 0 Å². The molecule has 0 radical (unpaired) electrons. The highest BCUT2D eigenvalue weighted by molar-refractivity contribution is 4.95. The van der Waals surface area contributed by atoms with Gasteiger partial charge in [0.25, 0.3) is 0 Å². The Labute approximate surface area is 91.2 Å². The monoisotopic (exact) mass is 211 g/mol. The number of ether oxygens (including phenoxy) is 1. The van der Waals surface area contributed by atoms with Crippen molar-refractivity contribution >= 4 is 0 Å². The maximum atomic E-state index is 9.44. The van der Waals surface area contributed by atoms with Crippen molar-refractivity contribution in [3.05, 3.63) is 0 Å². The van der Waals surface area contributed by atoms with E-state index in [1.807, 2.05) is 0 Å². The molecule has 3 unspecified atom stereocenters. The maximum Gasteiger partial charge on any atom is 0.0733 e. The van der Waals surface area contributed by atoms with Crippen molar-refractivity contribution in [2.24, 2.45) is 0 Å². The fraction of sp³-hybridized carbons (Fsp3) is 1.00. The van der Waals surface area contributed by atoms with Gasteiger partial charge in [-0.1, -0.05) is 0 Å². The normalized spacial score (nSPS) is 49.8. The van der Waals surface area contributed by atoms with E-state index in [0.29, 0.717) is 24.3 Å². The first-order chi connectivity index (χ1) is 7.31. The molecule has 1 saturated carbocycles. The van der Waals surface area contributed by atoms with Crippen LogP contribution in [0.2, 0.25) is 0 Å². The molecule has 86 valence electrons. The first kappa shape index (κ1) is 10.1. The van der Waals surface area contributed by atoms with Gasteiger partial charge in [-0.15, -0.1) is 0 Å². The molecular formula is C12H21NO2. The van der Waals surface area contributed by atoms with Crippen LogP contribution in [0.4, 0.5) is 0 Å². The summed E-state index contributed by atoms with van der Waals surface area (Å²) in [5.41, 5.74) is 0. The highest BCUT2D eigenvalue weighted by Gasteiger charge is 2.41. The van der Waals surface area contributed by atoms with Crippen molar-refractivity contribution in [3.63, 3.8) is 0 Å². The quantitative estimate of drug-likeness (QED) is 0.721. The Morgan fingerprint density at radius 1 is 1.00 bits per heavy atom. The van der Waals surface area contributed by atoms with E-state index in [9.17, 15) is 5.11 Å². The highest BCUT2D eigenvalue weighted by Crippen LogP contribution is 2.35. The summed E-state index contributed by atoms with van der Waals surface area (Å²) in [7, 11) is 0. The van der Waals surface area contributed by atoms with E-state index in [4.69, 9.17) is 4.74 Å². The van der Waals surface area contributed by atoms with Gasteiger partial charge in [0.05, 0.1) is 18.3 Å². The van der Waals surface area contributed by atoms with Gasteiger partial charge in [-0.2, -0.15) is 0 Å². The summed E-state index contributed by atoms with van der Waals surface area (Å²) in [6.07, 6.45) is 8.93. The van der Waals surface area contributed by atoms with Crippen molar-refractivity contribution in [2.75, 3.05) is 0 Å². The van der Waals surface area contributed by atoms with Gasteiger partial charge >= 0.3 is 0 Å². The zero-order valence-electron chi connectivity index (χ0n) is 9.19. The molecule has 3 atom stereocenters. The van der Waals surface area contributed by atoms with Gasteiger partial charge in [0, 0.05) is 12.1 Å². The molecule has 15 heavy (non-hydrogen) atoms.